The number of nitrogens with one attached hydrogen (secondary N) is 1. The van der Waals surface area contributed by atoms with Gasteiger partial charge in [0, 0.05) is 36.6 Å². The van der Waals surface area contributed by atoms with Crippen LogP contribution in [0.5, 0.6) is 0 Å². The molecule has 0 spiro atoms. The van der Waals surface area contributed by atoms with Gasteiger partial charge in [0.05, 0.1) is 5.41 Å². The highest BCUT2D eigenvalue weighted by molar-refractivity contribution is 9.10. The van der Waals surface area contributed by atoms with Crippen LogP contribution >= 0.6 is 15.9 Å². The van der Waals surface area contributed by atoms with Crippen molar-refractivity contribution in [2.24, 2.45) is 4.99 Å². The van der Waals surface area contributed by atoms with Gasteiger partial charge in [0.1, 0.15) is 17.1 Å². The number of amides is 1. The molecule has 4 rings (SSSR count). The number of benzene rings is 1. The second kappa shape index (κ2) is 8.69. The number of carbonyl (C=O) groups is 1. The molecule has 0 radical (unpaired) electrons. The molecule has 2 aromatic rings. The Kier molecular flexibility index (Phi) is 6.11. The summed E-state index contributed by atoms with van der Waals surface area (Å²) >= 11 is 3.43. The Morgan fingerprint density at radius 1 is 1.09 bits per heavy atom. The first-order valence-electron chi connectivity index (χ1n) is 10.5. The Balaban J connectivity index is 1.47. The Bertz CT molecular complexity index is 1040. The molecule has 1 aliphatic heterocycles. The molecule has 1 saturated carbocycles. The molecule has 2 heterocycles. The second-order valence-electron chi connectivity index (χ2n) is 8.33. The number of halogens is 3. The smallest absolute Gasteiger partial charge is 0.367 e. The maximum absolute atomic E-state index is 13.3. The topological polar surface area (TPSA) is 92.3 Å². The predicted octanol–water partition coefficient (Wildman–Crippen LogP) is 4.29. The van der Waals surface area contributed by atoms with E-state index in [0.717, 1.165) is 29.3 Å². The van der Waals surface area contributed by atoms with Gasteiger partial charge in [0.2, 0.25) is 0 Å². The molecule has 0 atom stereocenters. The molecule has 168 valence electrons. The third-order valence-corrected chi connectivity index (χ3v) is 6.85. The van der Waals surface area contributed by atoms with Gasteiger partial charge in [-0.05, 0) is 42.7 Å². The van der Waals surface area contributed by atoms with Gasteiger partial charge in [0.25, 0.3) is 11.8 Å². The van der Waals surface area contributed by atoms with Gasteiger partial charge in [-0.2, -0.15) is 0 Å². The van der Waals surface area contributed by atoms with Crippen molar-refractivity contribution in [3.63, 3.8) is 0 Å². The Morgan fingerprint density at radius 3 is 2.28 bits per heavy atom. The average molecular weight is 506 g/mol. The Labute approximate surface area is 193 Å². The lowest BCUT2D eigenvalue weighted by Crippen LogP contribution is -2.43. The summed E-state index contributed by atoms with van der Waals surface area (Å²) in [5.74, 6) is -3.07. The summed E-state index contributed by atoms with van der Waals surface area (Å²) in [6.07, 6.45) is 3.31. The van der Waals surface area contributed by atoms with E-state index in [9.17, 15) is 13.6 Å². The maximum Gasteiger partial charge on any atom is 0.367 e. The molecule has 1 amide bonds. The standard InChI is InChI=1S/C23H23BrF2N4O2/c24-17-5-3-16(4-6-17)22(8-1-9-22)21(27)29-19(31)15-2-7-18(28-14-15)20(32)30-12-10-23(25,26)11-13-30/h2-7,14H,1,8-13H2,(H2,27,29,31)/p+1. The van der Waals surface area contributed by atoms with Crippen LogP contribution in [0.3, 0.4) is 0 Å². The van der Waals surface area contributed by atoms with Crippen molar-refractivity contribution < 1.29 is 18.7 Å². The first kappa shape index (κ1) is 22.5. The van der Waals surface area contributed by atoms with Crippen molar-refractivity contribution in [3.05, 3.63) is 63.9 Å². The number of likely N-dealkylation sites (tertiary alicyclic amines) is 1. The molecule has 1 saturated heterocycles. The van der Waals surface area contributed by atoms with Crippen LogP contribution < -0.4 is 0 Å². The number of alkyl halides is 2. The molecule has 32 heavy (non-hydrogen) atoms. The molecule has 1 aromatic heterocycles. The van der Waals surface area contributed by atoms with E-state index in [1.54, 1.807) is 6.07 Å². The van der Waals surface area contributed by atoms with Crippen LogP contribution in [0.25, 0.3) is 0 Å². The molecule has 1 aliphatic carbocycles. The van der Waals surface area contributed by atoms with Gasteiger partial charge in [-0.1, -0.05) is 34.5 Å². The van der Waals surface area contributed by atoms with E-state index in [1.807, 2.05) is 24.3 Å². The van der Waals surface area contributed by atoms with E-state index in [4.69, 9.17) is 10.5 Å². The largest absolute Gasteiger partial charge is 0.578 e. The zero-order chi connectivity index (χ0) is 22.9. The normalized spacial score (nSPS) is 19.8. The first-order chi connectivity index (χ1) is 15.2. The number of amidine groups is 1. The molecule has 0 unspecified atom stereocenters. The molecule has 1 aromatic carbocycles. The van der Waals surface area contributed by atoms with E-state index in [2.05, 4.69) is 25.9 Å². The van der Waals surface area contributed by atoms with E-state index < -0.39 is 17.2 Å². The summed E-state index contributed by atoms with van der Waals surface area (Å²) in [4.78, 5) is 22.3. The summed E-state index contributed by atoms with van der Waals surface area (Å²) in [5, 5.41) is 16.9. The molecule has 2 fully saturated rings. The number of aliphatic imine (C=N–C) groups is 1. The van der Waals surface area contributed by atoms with Gasteiger partial charge < -0.3 is 10.0 Å². The molecule has 3 N–H and O–H groups in total. The van der Waals surface area contributed by atoms with Crippen LogP contribution in [0.15, 0.2) is 52.1 Å². The van der Waals surface area contributed by atoms with E-state index in [-0.39, 0.29) is 43.4 Å². The minimum atomic E-state index is -2.72. The van der Waals surface area contributed by atoms with Crippen LogP contribution in [-0.4, -0.2) is 51.6 Å². The molecule has 9 heteroatoms. The summed E-state index contributed by atoms with van der Waals surface area (Å²) in [6.45, 7) is -0.00849. The fourth-order valence-corrected chi connectivity index (χ4v) is 4.37. The van der Waals surface area contributed by atoms with Crippen molar-refractivity contribution in [1.29, 1.82) is 5.41 Å². The number of hydrogen-bond donors (Lipinski definition) is 1. The van der Waals surface area contributed by atoms with Crippen molar-refractivity contribution in [3.8, 4) is 0 Å². The number of carbonyl (C=O) groups excluding carboxylic acids is 1. The van der Waals surface area contributed by atoms with Gasteiger partial charge in [-0.3, -0.25) is 15.2 Å². The van der Waals surface area contributed by atoms with Crippen molar-refractivity contribution in [2.75, 3.05) is 13.1 Å². The lowest BCUT2D eigenvalue weighted by atomic mass is 9.63. The zero-order valence-electron chi connectivity index (χ0n) is 17.4. The Morgan fingerprint density at radius 2 is 1.75 bits per heavy atom. The van der Waals surface area contributed by atoms with Gasteiger partial charge >= 0.3 is 5.90 Å². The number of pyridine rings is 1. The molecule has 0 bridgehead atoms. The van der Waals surface area contributed by atoms with E-state index in [0.29, 0.717) is 5.56 Å². The van der Waals surface area contributed by atoms with Crippen LogP contribution in [0, 0.1) is 5.41 Å². The lowest BCUT2D eigenvalue weighted by Gasteiger charge is -2.41. The van der Waals surface area contributed by atoms with Gasteiger partial charge in [-0.15, -0.1) is 4.99 Å². The number of aromatic nitrogens is 1. The van der Waals surface area contributed by atoms with Crippen molar-refractivity contribution >= 4 is 33.6 Å². The summed E-state index contributed by atoms with van der Waals surface area (Å²) in [7, 11) is 0. The van der Waals surface area contributed by atoms with Gasteiger partial charge in [0.15, 0.2) is 0 Å². The van der Waals surface area contributed by atoms with Gasteiger partial charge in [-0.25, -0.2) is 8.78 Å². The SMILES string of the molecule is N=C(N=C([OH2+])c1ccc(C(=O)N2CCC(F)(F)CC2)nc1)C1(c2ccc(Br)cc2)CCC1. The Hall–Kier alpha value is -2.68. The molecular formula is C23H24BrF2N4O2+. The third-order valence-electron chi connectivity index (χ3n) is 6.32. The van der Waals surface area contributed by atoms with Crippen molar-refractivity contribution in [2.45, 2.75) is 43.4 Å². The maximum atomic E-state index is 13.3. The first-order valence-corrected chi connectivity index (χ1v) is 11.3. The molecular weight excluding hydrogens is 482 g/mol. The highest BCUT2D eigenvalue weighted by Gasteiger charge is 2.43. The van der Waals surface area contributed by atoms with Crippen LogP contribution in [-0.2, 0) is 5.41 Å². The minimum Gasteiger partial charge on any atom is -0.578 e. The summed E-state index contributed by atoms with van der Waals surface area (Å²) in [5.41, 5.74) is 1.07. The lowest BCUT2D eigenvalue weighted by molar-refractivity contribution is -0.0495. The molecule has 2 aliphatic rings. The van der Waals surface area contributed by atoms with Crippen molar-refractivity contribution in [1.82, 2.24) is 9.88 Å². The minimum absolute atomic E-state index is 0.00425. The quantitative estimate of drug-likeness (QED) is 0.381. The highest BCUT2D eigenvalue weighted by Crippen LogP contribution is 2.45. The predicted molar refractivity (Wildman–Crippen MR) is 122 cm³/mol. The average Bonchev–Trinajstić information content (AvgIpc) is 2.74. The number of hydrogen-bond acceptors (Lipinski definition) is 3. The van der Waals surface area contributed by atoms with E-state index in [1.165, 1.54) is 17.2 Å². The molecule has 6 nitrogen and oxygen atoms in total. The zero-order valence-corrected chi connectivity index (χ0v) is 19.0. The van der Waals surface area contributed by atoms with E-state index >= 15 is 0 Å². The fourth-order valence-electron chi connectivity index (χ4n) is 4.10. The second-order valence-corrected chi connectivity index (χ2v) is 9.25. The van der Waals surface area contributed by atoms with Crippen LogP contribution in [0.2, 0.25) is 0 Å². The monoisotopic (exact) mass is 505 g/mol. The fraction of sp³-hybridized carbons (Fsp3) is 0.391. The third kappa shape index (κ3) is 4.44. The summed E-state index contributed by atoms with van der Waals surface area (Å²) < 4.78 is 27.6. The number of piperidine rings is 1. The van der Waals surface area contributed by atoms with Crippen LogP contribution in [0.1, 0.15) is 53.7 Å². The number of rotatable bonds is 4. The highest BCUT2D eigenvalue weighted by atomic mass is 79.9. The number of nitrogens with zero attached hydrogens (tertiary/aromatic N) is 3. The van der Waals surface area contributed by atoms with Crippen LogP contribution in [0.4, 0.5) is 8.78 Å². The summed E-state index contributed by atoms with van der Waals surface area (Å²) in [6, 6.07) is 10.9.